The Balaban J connectivity index is 1.76. The molecule has 5 nitrogen and oxygen atoms in total. The Labute approximate surface area is 173 Å². The lowest BCUT2D eigenvalue weighted by Crippen LogP contribution is -2.14. The highest BCUT2D eigenvalue weighted by Crippen LogP contribution is 2.26. The minimum absolute atomic E-state index is 0.0626. The van der Waals surface area contributed by atoms with Crippen LogP contribution >= 0.6 is 23.2 Å². The molecule has 0 bridgehead atoms. The zero-order chi connectivity index (χ0) is 20.3. The van der Waals surface area contributed by atoms with E-state index in [1.54, 1.807) is 49.4 Å². The number of carbonyl (C=O) groups is 1. The second-order valence-corrected chi connectivity index (χ2v) is 8.53. The molecule has 0 atom stereocenters. The van der Waals surface area contributed by atoms with Gasteiger partial charge in [0.05, 0.1) is 10.6 Å². The van der Waals surface area contributed by atoms with Crippen LogP contribution in [0.4, 0.5) is 11.4 Å². The summed E-state index contributed by atoms with van der Waals surface area (Å²) in [7, 11) is -3.79. The van der Waals surface area contributed by atoms with Crippen LogP contribution in [0.25, 0.3) is 0 Å². The Morgan fingerprint density at radius 3 is 2.29 bits per heavy atom. The number of hydrogen-bond donors (Lipinski definition) is 2. The summed E-state index contributed by atoms with van der Waals surface area (Å²) in [5, 5.41) is 3.63. The molecule has 0 aromatic heterocycles. The number of nitrogens with one attached hydrogen (secondary N) is 2. The average molecular weight is 435 g/mol. The van der Waals surface area contributed by atoms with Crippen molar-refractivity contribution in [3.63, 3.8) is 0 Å². The van der Waals surface area contributed by atoms with Gasteiger partial charge in [-0.05, 0) is 67.1 Å². The lowest BCUT2D eigenvalue weighted by Gasteiger charge is -2.12. The van der Waals surface area contributed by atoms with Gasteiger partial charge in [-0.2, -0.15) is 0 Å². The second kappa shape index (κ2) is 8.22. The van der Waals surface area contributed by atoms with E-state index < -0.39 is 10.0 Å². The fourth-order valence-corrected chi connectivity index (χ4v) is 3.96. The maximum Gasteiger partial charge on any atom is 0.261 e. The molecule has 28 heavy (non-hydrogen) atoms. The summed E-state index contributed by atoms with van der Waals surface area (Å²) >= 11 is 11.9. The van der Waals surface area contributed by atoms with E-state index in [-0.39, 0.29) is 10.8 Å². The van der Waals surface area contributed by atoms with Crippen LogP contribution in [0.15, 0.2) is 71.6 Å². The van der Waals surface area contributed by atoms with Crippen LogP contribution in [-0.2, 0) is 10.0 Å². The van der Waals surface area contributed by atoms with E-state index in [1.807, 2.05) is 0 Å². The molecule has 0 aliphatic heterocycles. The first-order chi connectivity index (χ1) is 13.3. The van der Waals surface area contributed by atoms with Crippen molar-refractivity contribution in [2.45, 2.75) is 11.8 Å². The third-order valence-corrected chi connectivity index (χ3v) is 6.05. The molecule has 3 aromatic rings. The zero-order valence-electron chi connectivity index (χ0n) is 14.7. The molecule has 8 heteroatoms. The van der Waals surface area contributed by atoms with E-state index in [2.05, 4.69) is 10.0 Å². The van der Waals surface area contributed by atoms with Crippen LogP contribution in [0.2, 0.25) is 10.0 Å². The van der Waals surface area contributed by atoms with E-state index in [9.17, 15) is 13.2 Å². The monoisotopic (exact) mass is 434 g/mol. The third kappa shape index (κ3) is 4.65. The van der Waals surface area contributed by atoms with Crippen molar-refractivity contribution >= 4 is 50.5 Å². The molecule has 144 valence electrons. The van der Waals surface area contributed by atoms with Gasteiger partial charge < -0.3 is 5.32 Å². The summed E-state index contributed by atoms with van der Waals surface area (Å²) in [5.41, 5.74) is 1.91. The molecule has 1 amide bonds. The zero-order valence-corrected chi connectivity index (χ0v) is 17.1. The molecular weight excluding hydrogens is 419 g/mol. The van der Waals surface area contributed by atoms with Crippen LogP contribution in [0.1, 0.15) is 15.9 Å². The quantitative estimate of drug-likeness (QED) is 0.567. The summed E-state index contributed by atoms with van der Waals surface area (Å²) in [4.78, 5) is 12.3. The van der Waals surface area contributed by atoms with Gasteiger partial charge in [0.25, 0.3) is 15.9 Å². The number of halogens is 2. The van der Waals surface area contributed by atoms with Gasteiger partial charge in [-0.3, -0.25) is 9.52 Å². The van der Waals surface area contributed by atoms with Gasteiger partial charge in [0.2, 0.25) is 0 Å². The number of amides is 1. The van der Waals surface area contributed by atoms with Gasteiger partial charge in [0.15, 0.2) is 0 Å². The van der Waals surface area contributed by atoms with Gasteiger partial charge in [-0.25, -0.2) is 8.42 Å². The SMILES string of the molecule is Cc1c(Cl)cccc1NS(=O)(=O)c1ccc(NC(=O)c2cccc(Cl)c2)cc1. The van der Waals surface area contributed by atoms with Crippen LogP contribution < -0.4 is 10.0 Å². The van der Waals surface area contributed by atoms with Crippen LogP contribution in [0.3, 0.4) is 0 Å². The van der Waals surface area contributed by atoms with Crippen molar-refractivity contribution < 1.29 is 13.2 Å². The van der Waals surface area contributed by atoms with Crippen LogP contribution in [0.5, 0.6) is 0 Å². The fraction of sp³-hybridized carbons (Fsp3) is 0.0500. The standard InChI is InChI=1S/C20H16Cl2N2O3S/c1-13-18(22)6-3-7-19(13)24-28(26,27)17-10-8-16(9-11-17)23-20(25)14-4-2-5-15(21)12-14/h2-12,24H,1H3,(H,23,25). The summed E-state index contributed by atoms with van der Waals surface area (Å²) in [6.45, 7) is 1.73. The number of sulfonamides is 1. The molecule has 0 fully saturated rings. The number of hydrogen-bond acceptors (Lipinski definition) is 3. The maximum absolute atomic E-state index is 12.6. The normalized spacial score (nSPS) is 11.1. The van der Waals surface area contributed by atoms with Crippen molar-refractivity contribution in [1.29, 1.82) is 0 Å². The number of carbonyl (C=O) groups excluding carboxylic acids is 1. The Morgan fingerprint density at radius 1 is 0.929 bits per heavy atom. The first kappa shape index (κ1) is 20.2. The van der Waals surface area contributed by atoms with Crippen molar-refractivity contribution in [1.82, 2.24) is 0 Å². The van der Waals surface area contributed by atoms with E-state index in [1.165, 1.54) is 24.3 Å². The van der Waals surface area contributed by atoms with Gasteiger partial charge >= 0.3 is 0 Å². The van der Waals surface area contributed by atoms with Crippen molar-refractivity contribution in [3.8, 4) is 0 Å². The number of rotatable bonds is 5. The number of benzene rings is 3. The lowest BCUT2D eigenvalue weighted by molar-refractivity contribution is 0.102. The predicted molar refractivity (Wildman–Crippen MR) is 113 cm³/mol. The van der Waals surface area contributed by atoms with Crippen molar-refractivity contribution in [2.24, 2.45) is 0 Å². The van der Waals surface area contributed by atoms with E-state index in [0.717, 1.165) is 0 Å². The maximum atomic E-state index is 12.6. The first-order valence-electron chi connectivity index (χ1n) is 8.21. The van der Waals surface area contributed by atoms with Crippen molar-refractivity contribution in [2.75, 3.05) is 10.0 Å². The molecule has 0 unspecified atom stereocenters. The molecule has 0 saturated heterocycles. The third-order valence-electron chi connectivity index (χ3n) is 4.02. The molecule has 0 spiro atoms. The molecule has 0 aliphatic rings. The minimum atomic E-state index is -3.79. The summed E-state index contributed by atoms with van der Waals surface area (Å²) in [6, 6.07) is 17.4. The predicted octanol–water partition coefficient (Wildman–Crippen LogP) is 5.35. The van der Waals surface area contributed by atoms with E-state index in [4.69, 9.17) is 23.2 Å². The largest absolute Gasteiger partial charge is 0.322 e. The second-order valence-electron chi connectivity index (χ2n) is 6.01. The summed E-state index contributed by atoms with van der Waals surface area (Å²) < 4.78 is 27.7. The highest BCUT2D eigenvalue weighted by atomic mass is 35.5. The van der Waals surface area contributed by atoms with Gasteiger partial charge in [0.1, 0.15) is 0 Å². The van der Waals surface area contributed by atoms with Crippen LogP contribution in [0, 0.1) is 6.92 Å². The molecular formula is C20H16Cl2N2O3S. The number of anilines is 2. The first-order valence-corrected chi connectivity index (χ1v) is 10.4. The minimum Gasteiger partial charge on any atom is -0.322 e. The van der Waals surface area contributed by atoms with Crippen LogP contribution in [-0.4, -0.2) is 14.3 Å². The highest BCUT2D eigenvalue weighted by Gasteiger charge is 2.16. The molecule has 3 aromatic carbocycles. The highest BCUT2D eigenvalue weighted by molar-refractivity contribution is 7.92. The molecule has 0 aliphatic carbocycles. The Bertz CT molecular complexity index is 1130. The average Bonchev–Trinajstić information content (AvgIpc) is 2.66. The molecule has 0 radical (unpaired) electrons. The Kier molecular flexibility index (Phi) is 5.93. The molecule has 2 N–H and O–H groups in total. The molecule has 0 heterocycles. The van der Waals surface area contributed by atoms with Gasteiger partial charge in [0, 0.05) is 21.3 Å². The van der Waals surface area contributed by atoms with Gasteiger partial charge in [-0.1, -0.05) is 35.3 Å². The van der Waals surface area contributed by atoms with Crippen molar-refractivity contribution in [3.05, 3.63) is 87.9 Å². The fourth-order valence-electron chi connectivity index (χ4n) is 2.47. The molecule has 0 saturated carbocycles. The van der Waals surface area contributed by atoms with E-state index in [0.29, 0.717) is 32.5 Å². The van der Waals surface area contributed by atoms with E-state index >= 15 is 0 Å². The lowest BCUT2D eigenvalue weighted by atomic mass is 10.2. The Hall–Kier alpha value is -2.54. The summed E-state index contributed by atoms with van der Waals surface area (Å²) in [6.07, 6.45) is 0. The smallest absolute Gasteiger partial charge is 0.261 e. The topological polar surface area (TPSA) is 75.3 Å². The Morgan fingerprint density at radius 2 is 1.61 bits per heavy atom. The van der Waals surface area contributed by atoms with Gasteiger partial charge in [-0.15, -0.1) is 0 Å². The molecule has 3 rings (SSSR count). The summed E-state index contributed by atoms with van der Waals surface area (Å²) in [5.74, 6) is -0.342.